The molecule has 2 aromatic rings. The van der Waals surface area contributed by atoms with Crippen molar-refractivity contribution in [2.75, 3.05) is 5.32 Å². The van der Waals surface area contributed by atoms with Crippen molar-refractivity contribution in [3.05, 3.63) is 36.4 Å². The maximum absolute atomic E-state index is 12.1. The smallest absolute Gasteiger partial charge is 0.241 e. The number of nitrogens with zero attached hydrogens (tertiary/aromatic N) is 3. The molecular formula is C15H22ClN5O. The quantitative estimate of drug-likeness (QED) is 0.884. The molecule has 0 saturated heterocycles. The first-order chi connectivity index (χ1) is 10.0. The van der Waals surface area contributed by atoms with Gasteiger partial charge in [-0.1, -0.05) is 26.3 Å². The lowest BCUT2D eigenvalue weighted by Crippen LogP contribution is -2.40. The molecule has 7 heteroatoms. The summed E-state index contributed by atoms with van der Waals surface area (Å²) in [5, 5.41) is 10.7. The third-order valence-electron chi connectivity index (χ3n) is 3.67. The van der Waals surface area contributed by atoms with Gasteiger partial charge in [-0.05, 0) is 31.0 Å². The minimum atomic E-state index is -0.504. The molecule has 0 aliphatic carbocycles. The van der Waals surface area contributed by atoms with Crippen LogP contribution in [0.5, 0.6) is 0 Å². The summed E-state index contributed by atoms with van der Waals surface area (Å²) in [5.41, 5.74) is 7.55. The molecule has 1 amide bonds. The van der Waals surface area contributed by atoms with E-state index in [0.717, 1.165) is 17.9 Å². The standard InChI is InChI=1S/C15H21N5O.ClH/c1-4-10(2)14(16)15(21)18-12-6-5-7-13(8-12)20-9-17-19-11(20)3;/h5-10,14H,4,16H2,1-3H3,(H,18,21);1H. The molecule has 2 unspecified atom stereocenters. The topological polar surface area (TPSA) is 85.8 Å². The van der Waals surface area contributed by atoms with E-state index >= 15 is 0 Å². The lowest BCUT2D eigenvalue weighted by Gasteiger charge is -2.18. The van der Waals surface area contributed by atoms with Crippen molar-refractivity contribution < 1.29 is 4.79 Å². The van der Waals surface area contributed by atoms with E-state index in [0.29, 0.717) is 5.69 Å². The van der Waals surface area contributed by atoms with Gasteiger partial charge >= 0.3 is 0 Å². The zero-order chi connectivity index (χ0) is 15.4. The van der Waals surface area contributed by atoms with Crippen LogP contribution in [-0.4, -0.2) is 26.7 Å². The molecule has 2 rings (SSSR count). The largest absolute Gasteiger partial charge is 0.325 e. The van der Waals surface area contributed by atoms with Gasteiger partial charge in [-0.2, -0.15) is 0 Å². The number of anilines is 1. The first kappa shape index (κ1) is 18.1. The molecule has 120 valence electrons. The fraction of sp³-hybridized carbons (Fsp3) is 0.400. The molecule has 0 saturated carbocycles. The van der Waals surface area contributed by atoms with Crippen molar-refractivity contribution in [2.45, 2.75) is 33.2 Å². The average molecular weight is 324 g/mol. The Bertz CT molecular complexity index is 628. The highest BCUT2D eigenvalue weighted by atomic mass is 35.5. The second kappa shape index (κ2) is 7.91. The van der Waals surface area contributed by atoms with Crippen molar-refractivity contribution in [2.24, 2.45) is 11.7 Å². The summed E-state index contributed by atoms with van der Waals surface area (Å²) >= 11 is 0. The molecule has 1 aromatic carbocycles. The SMILES string of the molecule is CCC(C)C(N)C(=O)Nc1cccc(-n2cnnc2C)c1.Cl. The summed E-state index contributed by atoms with van der Waals surface area (Å²) < 4.78 is 1.85. The van der Waals surface area contributed by atoms with Crippen molar-refractivity contribution in [1.29, 1.82) is 0 Å². The number of nitrogens with one attached hydrogen (secondary N) is 1. The molecule has 0 bridgehead atoms. The number of benzene rings is 1. The van der Waals surface area contributed by atoms with Crippen molar-refractivity contribution in [1.82, 2.24) is 14.8 Å². The van der Waals surface area contributed by atoms with Gasteiger partial charge in [0.2, 0.25) is 5.91 Å². The fourth-order valence-electron chi connectivity index (χ4n) is 2.02. The molecule has 3 N–H and O–H groups in total. The summed E-state index contributed by atoms with van der Waals surface area (Å²) in [4.78, 5) is 12.1. The number of aryl methyl sites for hydroxylation is 1. The van der Waals surface area contributed by atoms with Gasteiger partial charge in [0, 0.05) is 5.69 Å². The van der Waals surface area contributed by atoms with E-state index in [1.54, 1.807) is 6.33 Å². The van der Waals surface area contributed by atoms with Gasteiger partial charge in [0.1, 0.15) is 12.2 Å². The Morgan fingerprint density at radius 1 is 1.45 bits per heavy atom. The zero-order valence-corrected chi connectivity index (χ0v) is 13.8. The summed E-state index contributed by atoms with van der Waals surface area (Å²) in [6.45, 7) is 5.87. The number of hydrogen-bond acceptors (Lipinski definition) is 4. The normalized spacial score (nSPS) is 13.1. The van der Waals surface area contributed by atoms with Crippen LogP contribution in [0.2, 0.25) is 0 Å². The molecule has 1 aromatic heterocycles. The molecule has 0 radical (unpaired) electrons. The van der Waals surface area contributed by atoms with Crippen LogP contribution in [0.4, 0.5) is 5.69 Å². The van der Waals surface area contributed by atoms with Gasteiger partial charge < -0.3 is 11.1 Å². The Morgan fingerprint density at radius 2 is 2.18 bits per heavy atom. The van der Waals surface area contributed by atoms with E-state index in [2.05, 4.69) is 15.5 Å². The van der Waals surface area contributed by atoms with Gasteiger partial charge in [0.05, 0.1) is 11.7 Å². The summed E-state index contributed by atoms with van der Waals surface area (Å²) in [5.74, 6) is 0.769. The van der Waals surface area contributed by atoms with Crippen LogP contribution in [0.1, 0.15) is 26.1 Å². The van der Waals surface area contributed by atoms with E-state index < -0.39 is 6.04 Å². The van der Waals surface area contributed by atoms with Crippen LogP contribution >= 0.6 is 12.4 Å². The molecule has 0 aliphatic rings. The highest BCUT2D eigenvalue weighted by Crippen LogP contribution is 2.16. The van der Waals surface area contributed by atoms with Crippen molar-refractivity contribution >= 4 is 24.0 Å². The molecule has 22 heavy (non-hydrogen) atoms. The summed E-state index contributed by atoms with van der Waals surface area (Å²) in [7, 11) is 0. The zero-order valence-electron chi connectivity index (χ0n) is 13.0. The van der Waals surface area contributed by atoms with Crippen LogP contribution < -0.4 is 11.1 Å². The second-order valence-electron chi connectivity index (χ2n) is 5.20. The average Bonchev–Trinajstić information content (AvgIpc) is 2.92. The van der Waals surface area contributed by atoms with Gasteiger partial charge in [0.25, 0.3) is 0 Å². The van der Waals surface area contributed by atoms with Crippen molar-refractivity contribution in [3.63, 3.8) is 0 Å². The van der Waals surface area contributed by atoms with E-state index in [9.17, 15) is 4.79 Å². The highest BCUT2D eigenvalue weighted by molar-refractivity contribution is 5.95. The first-order valence-electron chi connectivity index (χ1n) is 7.06. The summed E-state index contributed by atoms with van der Waals surface area (Å²) in [6.07, 6.45) is 2.51. The van der Waals surface area contributed by atoms with Gasteiger partial charge in [-0.3, -0.25) is 9.36 Å². The number of carbonyl (C=O) groups excluding carboxylic acids is 1. The number of nitrogens with two attached hydrogens (primary N) is 1. The number of carbonyl (C=O) groups is 1. The molecule has 2 atom stereocenters. The number of aromatic nitrogens is 3. The first-order valence-corrected chi connectivity index (χ1v) is 7.06. The number of hydrogen-bond donors (Lipinski definition) is 2. The van der Waals surface area contributed by atoms with Crippen molar-refractivity contribution in [3.8, 4) is 5.69 Å². The number of rotatable bonds is 5. The lowest BCUT2D eigenvalue weighted by molar-refractivity contribution is -0.118. The predicted octanol–water partition coefficient (Wildman–Crippen LogP) is 2.31. The van der Waals surface area contributed by atoms with Gasteiger partial charge in [-0.25, -0.2) is 0 Å². The van der Waals surface area contributed by atoms with E-state index in [-0.39, 0.29) is 24.2 Å². The predicted molar refractivity (Wildman–Crippen MR) is 89.4 cm³/mol. The lowest BCUT2D eigenvalue weighted by atomic mass is 9.99. The van der Waals surface area contributed by atoms with Crippen LogP contribution in [0.25, 0.3) is 5.69 Å². The minimum Gasteiger partial charge on any atom is -0.325 e. The van der Waals surface area contributed by atoms with Gasteiger partial charge in [-0.15, -0.1) is 22.6 Å². The van der Waals surface area contributed by atoms with Crippen LogP contribution in [-0.2, 0) is 4.79 Å². The third kappa shape index (κ3) is 4.05. The van der Waals surface area contributed by atoms with Crippen LogP contribution in [0.15, 0.2) is 30.6 Å². The fourth-order valence-corrected chi connectivity index (χ4v) is 2.02. The molecule has 0 fully saturated rings. The Morgan fingerprint density at radius 3 is 2.77 bits per heavy atom. The Labute approximate surface area is 136 Å². The number of halogens is 1. The van der Waals surface area contributed by atoms with E-state index in [4.69, 9.17) is 5.73 Å². The minimum absolute atomic E-state index is 0. The van der Waals surface area contributed by atoms with Crippen LogP contribution in [0, 0.1) is 12.8 Å². The second-order valence-corrected chi connectivity index (χ2v) is 5.20. The maximum Gasteiger partial charge on any atom is 0.241 e. The number of amides is 1. The molecule has 6 nitrogen and oxygen atoms in total. The Balaban J connectivity index is 0.00000242. The maximum atomic E-state index is 12.1. The van der Waals surface area contributed by atoms with Gasteiger partial charge in [0.15, 0.2) is 0 Å². The molecule has 0 aliphatic heterocycles. The third-order valence-corrected chi connectivity index (χ3v) is 3.67. The molecule has 0 spiro atoms. The summed E-state index contributed by atoms with van der Waals surface area (Å²) in [6, 6.07) is 7.01. The van der Waals surface area contributed by atoms with Crippen LogP contribution in [0.3, 0.4) is 0 Å². The van der Waals surface area contributed by atoms with E-state index in [1.165, 1.54) is 0 Å². The van der Waals surface area contributed by atoms with E-state index in [1.807, 2.05) is 49.6 Å². The Kier molecular flexibility index (Phi) is 6.52. The Hall–Kier alpha value is -1.92. The molecule has 1 heterocycles. The highest BCUT2D eigenvalue weighted by Gasteiger charge is 2.19. The monoisotopic (exact) mass is 323 g/mol. The molecular weight excluding hydrogens is 302 g/mol.